The van der Waals surface area contributed by atoms with E-state index in [-0.39, 0.29) is 5.78 Å². The predicted molar refractivity (Wildman–Crippen MR) is 120 cm³/mol. The first kappa shape index (κ1) is 23.6. The SMILES string of the molecule is C=C1Nc2ccc(NC(=O)C(N=Nc3ccccc3)C(C)=O)cc2N1.CC.CC. The number of nitrogens with one attached hydrogen (secondary N) is 3. The number of ketones is 1. The van der Waals surface area contributed by atoms with Crippen molar-refractivity contribution in [3.63, 3.8) is 0 Å². The third-order valence-corrected chi connectivity index (χ3v) is 3.54. The maximum absolute atomic E-state index is 12.4. The van der Waals surface area contributed by atoms with Crippen LogP contribution >= 0.6 is 0 Å². The lowest BCUT2D eigenvalue weighted by atomic mass is 10.2. The van der Waals surface area contributed by atoms with Gasteiger partial charge < -0.3 is 16.0 Å². The highest BCUT2D eigenvalue weighted by Crippen LogP contribution is 2.32. The van der Waals surface area contributed by atoms with Crippen LogP contribution in [-0.2, 0) is 9.59 Å². The average molecular weight is 396 g/mol. The van der Waals surface area contributed by atoms with E-state index in [1.165, 1.54) is 6.92 Å². The van der Waals surface area contributed by atoms with Gasteiger partial charge in [0.2, 0.25) is 6.04 Å². The van der Waals surface area contributed by atoms with E-state index in [9.17, 15) is 9.59 Å². The molecule has 7 heteroatoms. The fourth-order valence-electron chi connectivity index (χ4n) is 2.34. The summed E-state index contributed by atoms with van der Waals surface area (Å²) in [6, 6.07) is 13.0. The van der Waals surface area contributed by atoms with Crippen molar-refractivity contribution in [2.45, 2.75) is 40.7 Å². The Morgan fingerprint density at radius 3 is 2.21 bits per heavy atom. The Morgan fingerprint density at radius 2 is 1.59 bits per heavy atom. The summed E-state index contributed by atoms with van der Waals surface area (Å²) in [5.74, 6) is -0.250. The Labute approximate surface area is 172 Å². The number of anilines is 3. The van der Waals surface area contributed by atoms with E-state index in [4.69, 9.17) is 0 Å². The monoisotopic (exact) mass is 395 g/mol. The van der Waals surface area contributed by atoms with E-state index in [0.717, 1.165) is 11.4 Å². The van der Waals surface area contributed by atoms with Gasteiger partial charge in [-0.1, -0.05) is 52.5 Å². The lowest BCUT2D eigenvalue weighted by molar-refractivity contribution is -0.126. The molecule has 0 aromatic heterocycles. The molecule has 0 radical (unpaired) electrons. The van der Waals surface area contributed by atoms with Crippen LogP contribution in [0.5, 0.6) is 0 Å². The predicted octanol–water partition coefficient (Wildman–Crippen LogP) is 5.73. The van der Waals surface area contributed by atoms with Crippen LogP contribution in [-0.4, -0.2) is 17.7 Å². The fourth-order valence-corrected chi connectivity index (χ4v) is 2.34. The topological polar surface area (TPSA) is 94.9 Å². The Morgan fingerprint density at radius 1 is 0.966 bits per heavy atom. The summed E-state index contributed by atoms with van der Waals surface area (Å²) in [7, 11) is 0. The second-order valence-electron chi connectivity index (χ2n) is 5.54. The molecule has 2 aromatic carbocycles. The van der Waals surface area contributed by atoms with Gasteiger partial charge in [0, 0.05) is 5.69 Å². The molecular weight excluding hydrogens is 366 g/mol. The van der Waals surface area contributed by atoms with E-state index < -0.39 is 11.9 Å². The summed E-state index contributed by atoms with van der Waals surface area (Å²) >= 11 is 0. The smallest absolute Gasteiger partial charge is 0.258 e. The first-order valence-electron chi connectivity index (χ1n) is 9.67. The third-order valence-electron chi connectivity index (χ3n) is 3.54. The Hall–Kier alpha value is -3.48. The number of rotatable bonds is 5. The Kier molecular flexibility index (Phi) is 9.81. The minimum absolute atomic E-state index is 0.383. The number of azo groups is 1. The van der Waals surface area contributed by atoms with Gasteiger partial charge in [0.25, 0.3) is 5.91 Å². The van der Waals surface area contributed by atoms with Gasteiger partial charge in [0.1, 0.15) is 5.82 Å². The lowest BCUT2D eigenvalue weighted by Gasteiger charge is -2.10. The van der Waals surface area contributed by atoms with Crippen molar-refractivity contribution in [3.8, 4) is 0 Å². The number of benzene rings is 2. The van der Waals surface area contributed by atoms with Crippen LogP contribution in [0.15, 0.2) is 71.2 Å². The molecule has 0 saturated carbocycles. The van der Waals surface area contributed by atoms with Crippen LogP contribution in [0.3, 0.4) is 0 Å². The molecule has 29 heavy (non-hydrogen) atoms. The van der Waals surface area contributed by atoms with E-state index in [2.05, 4.69) is 32.8 Å². The van der Waals surface area contributed by atoms with Gasteiger partial charge in [0.05, 0.1) is 17.1 Å². The summed E-state index contributed by atoms with van der Waals surface area (Å²) in [6.07, 6.45) is 0. The second kappa shape index (κ2) is 12.1. The van der Waals surface area contributed by atoms with Gasteiger partial charge in [-0.2, -0.15) is 10.2 Å². The summed E-state index contributed by atoms with van der Waals surface area (Å²) < 4.78 is 0. The Balaban J connectivity index is 0.000000989. The van der Waals surface area contributed by atoms with Crippen molar-refractivity contribution in [2.75, 3.05) is 16.0 Å². The summed E-state index contributed by atoms with van der Waals surface area (Å²) in [4.78, 5) is 24.2. The van der Waals surface area contributed by atoms with Gasteiger partial charge in [0.15, 0.2) is 5.78 Å². The van der Waals surface area contributed by atoms with Gasteiger partial charge in [-0.25, -0.2) is 0 Å². The zero-order valence-corrected chi connectivity index (χ0v) is 17.6. The molecule has 1 aliphatic rings. The molecular formula is C22H29N5O2. The highest BCUT2D eigenvalue weighted by Gasteiger charge is 2.23. The summed E-state index contributed by atoms with van der Waals surface area (Å²) in [5, 5.41) is 16.7. The molecule has 1 aliphatic heterocycles. The van der Waals surface area contributed by atoms with Crippen LogP contribution in [0.2, 0.25) is 0 Å². The van der Waals surface area contributed by atoms with Gasteiger partial charge in [-0.15, -0.1) is 0 Å². The molecule has 1 unspecified atom stereocenters. The fraction of sp³-hybridized carbons (Fsp3) is 0.273. The molecule has 0 aliphatic carbocycles. The maximum Gasteiger partial charge on any atom is 0.258 e. The van der Waals surface area contributed by atoms with Crippen LogP contribution in [0.1, 0.15) is 34.6 Å². The van der Waals surface area contributed by atoms with Crippen LogP contribution < -0.4 is 16.0 Å². The van der Waals surface area contributed by atoms with Crippen molar-refractivity contribution < 1.29 is 9.59 Å². The van der Waals surface area contributed by atoms with Crippen LogP contribution in [0.4, 0.5) is 22.7 Å². The largest absolute Gasteiger partial charge is 0.341 e. The molecule has 2 aromatic rings. The first-order valence-corrected chi connectivity index (χ1v) is 9.67. The summed E-state index contributed by atoms with van der Waals surface area (Å²) in [5.41, 5.74) is 2.80. The second-order valence-corrected chi connectivity index (χ2v) is 5.54. The number of fused-ring (bicyclic) bond motifs is 1. The quantitative estimate of drug-likeness (QED) is 0.445. The van der Waals surface area contributed by atoms with Crippen molar-refractivity contribution in [2.24, 2.45) is 10.2 Å². The van der Waals surface area contributed by atoms with E-state index in [1.807, 2.05) is 39.8 Å². The van der Waals surface area contributed by atoms with Crippen LogP contribution in [0.25, 0.3) is 0 Å². The van der Waals surface area contributed by atoms with Gasteiger partial charge in [-0.05, 0) is 37.3 Å². The standard InChI is InChI=1S/C18H17N5O2.2C2H6/c1-11(24)17(23-22-13-6-4-3-5-7-13)18(25)21-14-8-9-15-16(10-14)20-12(2)19-15;2*1-2/h3-10,17,19-20H,2H2,1H3,(H,21,25);2*1-2H3. The normalized spacial score (nSPS) is 12.2. The van der Waals surface area contributed by atoms with Gasteiger partial charge >= 0.3 is 0 Å². The minimum Gasteiger partial charge on any atom is -0.341 e. The summed E-state index contributed by atoms with van der Waals surface area (Å²) in [6.45, 7) is 13.1. The molecule has 0 spiro atoms. The lowest BCUT2D eigenvalue weighted by Crippen LogP contribution is -2.31. The molecule has 3 N–H and O–H groups in total. The maximum atomic E-state index is 12.4. The minimum atomic E-state index is -1.20. The van der Waals surface area contributed by atoms with Crippen molar-refractivity contribution in [1.82, 2.24) is 0 Å². The third kappa shape index (κ3) is 6.88. The van der Waals surface area contributed by atoms with E-state index >= 15 is 0 Å². The van der Waals surface area contributed by atoms with Crippen LogP contribution in [0, 0.1) is 0 Å². The number of carbonyl (C=O) groups excluding carboxylic acids is 2. The van der Waals surface area contributed by atoms with E-state index in [0.29, 0.717) is 17.2 Å². The highest BCUT2D eigenvalue weighted by molar-refractivity contribution is 6.10. The number of nitrogens with zero attached hydrogens (tertiary/aromatic N) is 2. The number of carbonyl (C=O) groups is 2. The molecule has 1 heterocycles. The zero-order valence-electron chi connectivity index (χ0n) is 17.6. The Bertz CT molecular complexity index is 863. The van der Waals surface area contributed by atoms with Gasteiger partial charge in [-0.3, -0.25) is 9.59 Å². The van der Waals surface area contributed by atoms with Crippen molar-refractivity contribution >= 4 is 34.4 Å². The molecule has 0 fully saturated rings. The number of amides is 1. The molecule has 0 saturated heterocycles. The van der Waals surface area contributed by atoms with Crippen molar-refractivity contribution in [1.29, 1.82) is 0 Å². The molecule has 0 bridgehead atoms. The van der Waals surface area contributed by atoms with Crippen molar-refractivity contribution in [3.05, 3.63) is 60.9 Å². The zero-order chi connectivity index (χ0) is 21.8. The van der Waals surface area contributed by atoms with E-state index in [1.54, 1.807) is 36.4 Å². The molecule has 7 nitrogen and oxygen atoms in total. The molecule has 1 amide bonds. The number of hydrogen-bond donors (Lipinski definition) is 3. The average Bonchev–Trinajstić information content (AvgIpc) is 3.11. The first-order chi connectivity index (χ1) is 14.0. The number of Topliss-reactive ketones (excluding diaryl/α,β-unsaturated/α-hetero) is 1. The molecule has 1 atom stereocenters. The number of hydrogen-bond acceptors (Lipinski definition) is 6. The highest BCUT2D eigenvalue weighted by atomic mass is 16.2. The molecule has 3 rings (SSSR count). The molecule has 154 valence electrons.